The summed E-state index contributed by atoms with van der Waals surface area (Å²) in [6, 6.07) is 7.56. The van der Waals surface area contributed by atoms with Gasteiger partial charge in [0, 0.05) is 28.0 Å². The number of carbonyl (C=O) groups is 1. The number of fused-ring (bicyclic) bond motifs is 1. The zero-order valence-corrected chi connectivity index (χ0v) is 10.9. The Morgan fingerprint density at radius 2 is 2.15 bits per heavy atom. The number of rotatable bonds is 3. The zero-order chi connectivity index (χ0) is 14.1. The van der Waals surface area contributed by atoms with E-state index in [0.29, 0.717) is 10.6 Å². The van der Waals surface area contributed by atoms with Crippen molar-refractivity contribution in [1.29, 1.82) is 0 Å². The predicted molar refractivity (Wildman–Crippen MR) is 74.8 cm³/mol. The van der Waals surface area contributed by atoms with Crippen LogP contribution in [0.4, 0.5) is 0 Å². The van der Waals surface area contributed by atoms with Gasteiger partial charge in [-0.05, 0) is 6.07 Å². The Kier molecular flexibility index (Phi) is 2.96. The molecule has 0 radical (unpaired) electrons. The third-order valence-corrected chi connectivity index (χ3v) is 3.72. The van der Waals surface area contributed by atoms with E-state index in [0.717, 1.165) is 22.2 Å². The summed E-state index contributed by atoms with van der Waals surface area (Å²) in [7, 11) is 0. The molecule has 0 saturated carbocycles. The van der Waals surface area contributed by atoms with Gasteiger partial charge in [-0.3, -0.25) is 0 Å². The van der Waals surface area contributed by atoms with Gasteiger partial charge in [-0.2, -0.15) is 0 Å². The third kappa shape index (κ3) is 1.94. The lowest BCUT2D eigenvalue weighted by Crippen LogP contribution is -2.04. The number of nitrogens with zero attached hydrogens (tertiary/aromatic N) is 2. The lowest BCUT2D eigenvalue weighted by Gasteiger charge is -1.98. The lowest BCUT2D eigenvalue weighted by molar-refractivity contribution is 0.0691. The second kappa shape index (κ2) is 4.78. The van der Waals surface area contributed by atoms with E-state index < -0.39 is 5.97 Å². The molecule has 0 saturated heterocycles. The fraction of sp³-hybridized carbons (Fsp3) is 0. The molecule has 0 bridgehead atoms. The smallest absolute Gasteiger partial charge is 0.355 e. The van der Waals surface area contributed by atoms with E-state index in [4.69, 9.17) is 5.11 Å². The minimum absolute atomic E-state index is 0.0639. The van der Waals surface area contributed by atoms with Gasteiger partial charge in [0.05, 0.1) is 0 Å². The van der Waals surface area contributed by atoms with Crippen molar-refractivity contribution in [2.24, 2.45) is 5.16 Å². The van der Waals surface area contributed by atoms with Gasteiger partial charge in [0.1, 0.15) is 10.7 Å². The van der Waals surface area contributed by atoms with E-state index in [1.165, 1.54) is 5.38 Å². The van der Waals surface area contributed by atoms with E-state index in [1.54, 1.807) is 6.20 Å². The minimum Gasteiger partial charge on any atom is -0.476 e. The van der Waals surface area contributed by atoms with Crippen LogP contribution in [0.25, 0.3) is 10.9 Å². The first kappa shape index (κ1) is 12.4. The van der Waals surface area contributed by atoms with Gasteiger partial charge in [-0.15, -0.1) is 11.3 Å². The molecule has 0 spiro atoms. The normalized spacial score (nSPS) is 11.9. The summed E-state index contributed by atoms with van der Waals surface area (Å²) in [6.07, 6.45) is 1.71. The van der Waals surface area contributed by atoms with Crippen LogP contribution < -0.4 is 0 Å². The summed E-state index contributed by atoms with van der Waals surface area (Å²) in [6.45, 7) is 0. The Hall–Kier alpha value is -2.67. The second-order valence-corrected chi connectivity index (χ2v) is 4.90. The van der Waals surface area contributed by atoms with Crippen LogP contribution >= 0.6 is 11.3 Å². The minimum atomic E-state index is -1.11. The SMILES string of the molecule is O=C(O)c1csc(C(=NO)c2c[nH]c3ccccc23)n1. The maximum atomic E-state index is 10.9. The van der Waals surface area contributed by atoms with Crippen molar-refractivity contribution in [3.63, 3.8) is 0 Å². The Labute approximate surface area is 117 Å². The highest BCUT2D eigenvalue weighted by Gasteiger charge is 2.18. The van der Waals surface area contributed by atoms with Crippen LogP contribution in [0.15, 0.2) is 41.0 Å². The quantitative estimate of drug-likeness (QED) is 0.391. The first-order valence-corrected chi connectivity index (χ1v) is 6.56. The topological polar surface area (TPSA) is 98.6 Å². The molecular weight excluding hydrogens is 278 g/mol. The molecule has 1 aromatic carbocycles. The number of H-pyrrole nitrogens is 1. The Morgan fingerprint density at radius 1 is 1.35 bits per heavy atom. The highest BCUT2D eigenvalue weighted by atomic mass is 32.1. The Balaban J connectivity index is 2.12. The molecule has 0 aliphatic carbocycles. The Bertz CT molecular complexity index is 819. The molecule has 0 unspecified atom stereocenters. The molecule has 3 aromatic rings. The predicted octanol–water partition coefficient (Wildman–Crippen LogP) is 2.55. The van der Waals surface area contributed by atoms with Crippen LogP contribution in [0.5, 0.6) is 0 Å². The van der Waals surface area contributed by atoms with E-state index in [2.05, 4.69) is 15.1 Å². The van der Waals surface area contributed by atoms with Crippen LogP contribution in [0.1, 0.15) is 21.1 Å². The third-order valence-electron chi connectivity index (χ3n) is 2.87. The average molecular weight is 287 g/mol. The summed E-state index contributed by atoms with van der Waals surface area (Å²) < 4.78 is 0. The molecule has 3 N–H and O–H groups in total. The van der Waals surface area contributed by atoms with Crippen LogP contribution in [0, 0.1) is 0 Å². The molecule has 0 amide bonds. The van der Waals surface area contributed by atoms with E-state index >= 15 is 0 Å². The van der Waals surface area contributed by atoms with Gasteiger partial charge >= 0.3 is 5.97 Å². The van der Waals surface area contributed by atoms with Crippen LogP contribution in [-0.4, -0.2) is 32.0 Å². The number of thiazole rings is 1. The summed E-state index contributed by atoms with van der Waals surface area (Å²) in [5.74, 6) is -1.11. The molecule has 0 aliphatic rings. The van der Waals surface area contributed by atoms with E-state index in [-0.39, 0.29) is 11.4 Å². The average Bonchev–Trinajstić information content (AvgIpc) is 3.08. The van der Waals surface area contributed by atoms with Gasteiger partial charge in [0.2, 0.25) is 0 Å². The number of para-hydroxylation sites is 1. The summed E-state index contributed by atoms with van der Waals surface area (Å²) >= 11 is 1.12. The number of aromatic nitrogens is 2. The molecule has 2 heterocycles. The Morgan fingerprint density at radius 3 is 2.85 bits per heavy atom. The molecular formula is C13H9N3O3S. The van der Waals surface area contributed by atoms with Crippen molar-refractivity contribution in [2.45, 2.75) is 0 Å². The maximum Gasteiger partial charge on any atom is 0.355 e. The van der Waals surface area contributed by atoms with Crippen molar-refractivity contribution in [3.8, 4) is 0 Å². The summed E-state index contributed by atoms with van der Waals surface area (Å²) in [5, 5.41) is 24.1. The molecule has 3 rings (SSSR count). The van der Waals surface area contributed by atoms with Crippen LogP contribution in [0.2, 0.25) is 0 Å². The first-order chi connectivity index (χ1) is 9.70. The summed E-state index contributed by atoms with van der Waals surface area (Å²) in [4.78, 5) is 17.9. The number of nitrogens with one attached hydrogen (secondary N) is 1. The van der Waals surface area contributed by atoms with Gasteiger partial charge in [0.15, 0.2) is 5.69 Å². The molecule has 6 nitrogen and oxygen atoms in total. The molecule has 0 atom stereocenters. The molecule has 0 aliphatic heterocycles. The summed E-state index contributed by atoms with van der Waals surface area (Å²) in [5.41, 5.74) is 1.76. The van der Waals surface area contributed by atoms with Crippen molar-refractivity contribution < 1.29 is 15.1 Å². The van der Waals surface area contributed by atoms with Gasteiger partial charge < -0.3 is 15.3 Å². The molecule has 100 valence electrons. The maximum absolute atomic E-state index is 10.9. The van der Waals surface area contributed by atoms with Crippen molar-refractivity contribution in [1.82, 2.24) is 9.97 Å². The zero-order valence-electron chi connectivity index (χ0n) is 10.1. The number of hydrogen-bond acceptors (Lipinski definition) is 5. The monoisotopic (exact) mass is 287 g/mol. The highest BCUT2D eigenvalue weighted by Crippen LogP contribution is 2.23. The van der Waals surface area contributed by atoms with Gasteiger partial charge in [-0.1, -0.05) is 23.4 Å². The number of benzene rings is 1. The molecule has 2 aromatic heterocycles. The molecule has 7 heteroatoms. The number of aromatic carboxylic acids is 1. The van der Waals surface area contributed by atoms with Crippen molar-refractivity contribution >= 4 is 33.9 Å². The lowest BCUT2D eigenvalue weighted by atomic mass is 10.1. The van der Waals surface area contributed by atoms with E-state index in [9.17, 15) is 10.0 Å². The van der Waals surface area contributed by atoms with Crippen LogP contribution in [-0.2, 0) is 0 Å². The number of hydrogen-bond donors (Lipinski definition) is 3. The van der Waals surface area contributed by atoms with Gasteiger partial charge in [-0.25, -0.2) is 9.78 Å². The largest absolute Gasteiger partial charge is 0.476 e. The molecule has 0 fully saturated rings. The van der Waals surface area contributed by atoms with Crippen molar-refractivity contribution in [3.05, 3.63) is 52.1 Å². The fourth-order valence-electron chi connectivity index (χ4n) is 1.96. The highest BCUT2D eigenvalue weighted by molar-refractivity contribution is 7.12. The first-order valence-electron chi connectivity index (χ1n) is 5.68. The number of carboxylic acid groups (broad SMARTS) is 1. The number of carboxylic acids is 1. The second-order valence-electron chi connectivity index (χ2n) is 4.04. The van der Waals surface area contributed by atoms with Crippen molar-refractivity contribution in [2.75, 3.05) is 0 Å². The van der Waals surface area contributed by atoms with E-state index in [1.807, 2.05) is 24.3 Å². The number of oxime groups is 1. The molecule has 20 heavy (non-hydrogen) atoms. The fourth-order valence-corrected chi connectivity index (χ4v) is 2.75. The van der Waals surface area contributed by atoms with Crippen LogP contribution in [0.3, 0.4) is 0 Å². The van der Waals surface area contributed by atoms with Gasteiger partial charge in [0.25, 0.3) is 0 Å². The standard InChI is InChI=1S/C13H9N3O3S/c17-13(18)10-6-20-12(15-10)11(16-19)8-5-14-9-4-2-1-3-7(8)9/h1-6,14,19H,(H,17,18). The number of aromatic amines is 1.